The minimum atomic E-state index is -4.69. The van der Waals surface area contributed by atoms with Crippen molar-refractivity contribution in [3.8, 4) is 0 Å². The number of hydrogen-bond acceptors (Lipinski definition) is 7. The van der Waals surface area contributed by atoms with Crippen LogP contribution in [0, 0.1) is 6.92 Å². The average molecular weight is 444 g/mol. The normalized spacial score (nSPS) is 16.9. The van der Waals surface area contributed by atoms with Gasteiger partial charge < -0.3 is 9.47 Å². The van der Waals surface area contributed by atoms with Crippen molar-refractivity contribution in [1.82, 2.24) is 33.7 Å². The molecule has 1 aliphatic rings. The lowest BCUT2D eigenvalue weighted by molar-refractivity contribution is -0.146. The van der Waals surface area contributed by atoms with Crippen molar-refractivity contribution in [3.63, 3.8) is 0 Å². The van der Waals surface area contributed by atoms with Crippen LogP contribution in [0.25, 0.3) is 5.65 Å². The zero-order valence-electron chi connectivity index (χ0n) is 16.2. The smallest absolute Gasteiger partial charge is 0.354 e. The molecule has 0 unspecified atom stereocenters. The topological polar surface area (TPSA) is 102 Å². The number of halogens is 3. The van der Waals surface area contributed by atoms with Crippen LogP contribution in [0.4, 0.5) is 19.0 Å². The summed E-state index contributed by atoms with van der Waals surface area (Å²) in [7, 11) is -2.05. The summed E-state index contributed by atoms with van der Waals surface area (Å²) in [4.78, 5) is 5.86. The Labute approximate surface area is 170 Å². The van der Waals surface area contributed by atoms with Crippen molar-refractivity contribution in [3.05, 3.63) is 30.0 Å². The number of nitrogens with zero attached hydrogens (tertiary/aromatic N) is 8. The molecule has 1 aliphatic heterocycles. The second-order valence-corrected chi connectivity index (χ2v) is 8.85. The van der Waals surface area contributed by atoms with Gasteiger partial charge in [0.15, 0.2) is 10.7 Å². The van der Waals surface area contributed by atoms with Crippen LogP contribution in [0.5, 0.6) is 0 Å². The summed E-state index contributed by atoms with van der Waals surface area (Å²) in [5.74, 6) is -0.332. The first-order chi connectivity index (χ1) is 14.1. The number of anilines is 1. The lowest BCUT2D eigenvalue weighted by atomic mass is 10.4. The molecule has 0 bridgehead atoms. The lowest BCUT2D eigenvalue weighted by Crippen LogP contribution is -2.35. The maximum atomic E-state index is 13.1. The van der Waals surface area contributed by atoms with E-state index in [2.05, 4.69) is 20.3 Å². The number of fused-ring (bicyclic) bond motifs is 1. The highest BCUT2D eigenvalue weighted by atomic mass is 32.2. The fourth-order valence-corrected chi connectivity index (χ4v) is 4.77. The van der Waals surface area contributed by atoms with Gasteiger partial charge in [0.25, 0.3) is 15.8 Å². The van der Waals surface area contributed by atoms with Crippen molar-refractivity contribution in [2.75, 3.05) is 31.1 Å². The molecule has 1 fully saturated rings. The molecule has 162 valence electrons. The highest BCUT2D eigenvalue weighted by Gasteiger charge is 2.38. The largest absolute Gasteiger partial charge is 0.453 e. The van der Waals surface area contributed by atoms with Crippen molar-refractivity contribution in [2.24, 2.45) is 7.05 Å². The van der Waals surface area contributed by atoms with Crippen LogP contribution in [0.3, 0.4) is 0 Å². The van der Waals surface area contributed by atoms with E-state index in [0.29, 0.717) is 29.1 Å². The third-order valence-electron chi connectivity index (χ3n) is 4.97. The van der Waals surface area contributed by atoms with Gasteiger partial charge in [0, 0.05) is 39.4 Å². The Morgan fingerprint density at radius 1 is 1.07 bits per heavy atom. The fourth-order valence-electron chi connectivity index (χ4n) is 3.27. The summed E-state index contributed by atoms with van der Waals surface area (Å²) in [6, 6.07) is 2.96. The van der Waals surface area contributed by atoms with E-state index < -0.39 is 22.0 Å². The molecule has 4 rings (SSSR count). The Morgan fingerprint density at radius 3 is 2.50 bits per heavy atom. The Balaban J connectivity index is 1.57. The highest BCUT2D eigenvalue weighted by molar-refractivity contribution is 7.89. The van der Waals surface area contributed by atoms with E-state index in [1.54, 1.807) is 29.5 Å². The van der Waals surface area contributed by atoms with Crippen LogP contribution in [-0.2, 0) is 23.2 Å². The lowest BCUT2D eigenvalue weighted by Gasteiger charge is -2.22. The molecule has 3 aromatic heterocycles. The van der Waals surface area contributed by atoms with Crippen LogP contribution in [0.1, 0.15) is 18.1 Å². The number of imidazole rings is 1. The molecule has 30 heavy (non-hydrogen) atoms. The molecule has 0 saturated carbocycles. The molecular weight excluding hydrogens is 425 g/mol. The third-order valence-corrected chi connectivity index (χ3v) is 6.74. The number of rotatable bonds is 3. The Hall–Kier alpha value is -2.74. The van der Waals surface area contributed by atoms with Gasteiger partial charge in [-0.15, -0.1) is 15.3 Å². The molecule has 14 heteroatoms. The van der Waals surface area contributed by atoms with Crippen LogP contribution in [0.15, 0.2) is 23.4 Å². The number of hydrogen-bond donors (Lipinski definition) is 0. The zero-order chi connectivity index (χ0) is 21.7. The van der Waals surface area contributed by atoms with E-state index >= 15 is 0 Å². The average Bonchev–Trinajstić information content (AvgIpc) is 3.15. The second kappa shape index (κ2) is 7.19. The van der Waals surface area contributed by atoms with Crippen molar-refractivity contribution in [1.29, 1.82) is 0 Å². The van der Waals surface area contributed by atoms with E-state index in [0.717, 1.165) is 0 Å². The van der Waals surface area contributed by atoms with E-state index in [1.165, 1.54) is 16.6 Å². The Kier molecular flexibility index (Phi) is 4.92. The van der Waals surface area contributed by atoms with Crippen LogP contribution < -0.4 is 4.90 Å². The summed E-state index contributed by atoms with van der Waals surface area (Å²) in [6.45, 7) is 2.86. The Morgan fingerprint density at radius 2 is 1.83 bits per heavy atom. The number of aromatic nitrogens is 6. The van der Waals surface area contributed by atoms with Gasteiger partial charge in [-0.2, -0.15) is 22.0 Å². The molecule has 0 amide bonds. The van der Waals surface area contributed by atoms with Crippen LogP contribution in [0.2, 0.25) is 0 Å². The predicted octanol–water partition coefficient (Wildman–Crippen LogP) is 1.09. The molecular formula is C16H19F3N8O2S. The van der Waals surface area contributed by atoms with E-state index in [-0.39, 0.29) is 30.3 Å². The maximum absolute atomic E-state index is 13.1. The maximum Gasteiger partial charge on any atom is 0.453 e. The minimum Gasteiger partial charge on any atom is -0.354 e. The highest BCUT2D eigenvalue weighted by Crippen LogP contribution is 2.28. The van der Waals surface area contributed by atoms with Crippen LogP contribution >= 0.6 is 0 Å². The second-order valence-electron chi connectivity index (χ2n) is 6.96. The summed E-state index contributed by atoms with van der Waals surface area (Å²) >= 11 is 0. The standard InChI is InChI=1S/C16H19F3N8O2S/c1-11-20-14(10-24(11)2)30(28,29)26-7-3-6-25(8-9-26)13-5-4-12-21-22-15(16(17,18)19)27(12)23-13/h4-5,10H,3,6-9H2,1-2H3. The first kappa shape index (κ1) is 20.5. The summed E-state index contributed by atoms with van der Waals surface area (Å²) in [5, 5.41) is 10.7. The first-order valence-electron chi connectivity index (χ1n) is 9.12. The molecule has 0 atom stereocenters. The summed E-state index contributed by atoms with van der Waals surface area (Å²) in [6.07, 6.45) is -2.73. The van der Waals surface area contributed by atoms with Crippen molar-refractivity contribution >= 4 is 21.5 Å². The fraction of sp³-hybridized carbons (Fsp3) is 0.500. The van der Waals surface area contributed by atoms with Gasteiger partial charge in [-0.25, -0.2) is 13.4 Å². The van der Waals surface area contributed by atoms with Crippen molar-refractivity contribution < 1.29 is 21.6 Å². The molecule has 3 aromatic rings. The molecule has 0 radical (unpaired) electrons. The summed E-state index contributed by atoms with van der Waals surface area (Å²) < 4.78 is 68.8. The van der Waals surface area contributed by atoms with E-state index in [9.17, 15) is 21.6 Å². The van der Waals surface area contributed by atoms with Gasteiger partial charge in [0.2, 0.25) is 0 Å². The van der Waals surface area contributed by atoms with Crippen molar-refractivity contribution in [2.45, 2.75) is 24.5 Å². The van der Waals surface area contributed by atoms with Crippen LogP contribution in [-0.4, -0.2) is 68.3 Å². The molecule has 4 heterocycles. The minimum absolute atomic E-state index is 0.0179. The third kappa shape index (κ3) is 3.60. The molecule has 0 spiro atoms. The number of sulfonamides is 1. The van der Waals surface area contributed by atoms with Gasteiger partial charge in [0.05, 0.1) is 0 Å². The monoisotopic (exact) mass is 444 g/mol. The predicted molar refractivity (Wildman–Crippen MR) is 99.3 cm³/mol. The van der Waals surface area contributed by atoms with E-state index in [1.807, 2.05) is 0 Å². The SMILES string of the molecule is Cc1nc(S(=O)(=O)N2CCCN(c3ccc4nnc(C(F)(F)F)n4n3)CC2)cn1C. The number of aryl methyl sites for hydroxylation is 2. The van der Waals surface area contributed by atoms with Gasteiger partial charge in [-0.1, -0.05) is 0 Å². The van der Waals surface area contributed by atoms with Gasteiger partial charge in [-0.05, 0) is 25.5 Å². The molecule has 0 N–H and O–H groups in total. The quantitative estimate of drug-likeness (QED) is 0.596. The zero-order valence-corrected chi connectivity index (χ0v) is 17.0. The molecule has 10 nitrogen and oxygen atoms in total. The molecule has 1 saturated heterocycles. The van der Waals surface area contributed by atoms with Gasteiger partial charge in [-0.3, -0.25) is 0 Å². The first-order valence-corrected chi connectivity index (χ1v) is 10.6. The van der Waals surface area contributed by atoms with E-state index in [4.69, 9.17) is 0 Å². The van der Waals surface area contributed by atoms with Gasteiger partial charge in [0.1, 0.15) is 11.6 Å². The molecule has 0 aliphatic carbocycles. The van der Waals surface area contributed by atoms with Gasteiger partial charge >= 0.3 is 6.18 Å². The Bertz CT molecular complexity index is 1170. The number of alkyl halides is 3. The summed E-state index contributed by atoms with van der Waals surface area (Å²) in [5.41, 5.74) is -0.0179. The molecule has 0 aromatic carbocycles.